The number of carboxylic acid groups (broad SMARTS) is 1. The fourth-order valence-corrected chi connectivity index (χ4v) is 3.67. The number of halogens is 1. The Hall–Kier alpha value is -0.490. The summed E-state index contributed by atoms with van der Waals surface area (Å²) >= 11 is 0. The SMILES string of the molecule is O=C(O)N1C[C@@H]2[C@H](C1)[C@@H]2CS(=O)(=O)Cl. The van der Waals surface area contributed by atoms with E-state index in [-0.39, 0.29) is 23.5 Å². The van der Waals surface area contributed by atoms with Crippen molar-refractivity contribution in [3.63, 3.8) is 0 Å². The van der Waals surface area contributed by atoms with Crippen molar-refractivity contribution in [3.8, 4) is 0 Å². The van der Waals surface area contributed by atoms with Crippen LogP contribution in [-0.2, 0) is 9.05 Å². The van der Waals surface area contributed by atoms with Crippen molar-refractivity contribution in [2.24, 2.45) is 17.8 Å². The number of likely N-dealkylation sites (tertiary alicyclic amines) is 1. The molecule has 2 fully saturated rings. The van der Waals surface area contributed by atoms with Crippen molar-refractivity contribution in [2.75, 3.05) is 18.8 Å². The molecule has 2 rings (SSSR count). The average Bonchev–Trinajstić information content (AvgIpc) is 2.50. The van der Waals surface area contributed by atoms with E-state index in [2.05, 4.69) is 0 Å². The Kier molecular flexibility index (Phi) is 2.15. The topological polar surface area (TPSA) is 74.7 Å². The van der Waals surface area contributed by atoms with Crippen LogP contribution in [-0.4, -0.2) is 43.4 Å². The van der Waals surface area contributed by atoms with Gasteiger partial charge in [0.2, 0.25) is 9.05 Å². The molecule has 0 spiro atoms. The Balaban J connectivity index is 1.89. The third-order valence-corrected chi connectivity index (χ3v) is 4.19. The number of rotatable bonds is 2. The van der Waals surface area contributed by atoms with Crippen LogP contribution in [0.1, 0.15) is 0 Å². The first-order valence-corrected chi connectivity index (χ1v) is 6.76. The van der Waals surface area contributed by atoms with Gasteiger partial charge >= 0.3 is 6.09 Å². The third-order valence-electron chi connectivity index (χ3n) is 3.03. The van der Waals surface area contributed by atoms with Crippen LogP contribution in [0.4, 0.5) is 4.79 Å². The summed E-state index contributed by atoms with van der Waals surface area (Å²) in [6.07, 6.45) is -0.926. The zero-order valence-corrected chi connectivity index (χ0v) is 8.83. The van der Waals surface area contributed by atoms with Gasteiger partial charge in [-0.2, -0.15) is 0 Å². The highest BCUT2D eigenvalue weighted by Gasteiger charge is 2.57. The van der Waals surface area contributed by atoms with Crippen LogP contribution in [0.2, 0.25) is 0 Å². The van der Waals surface area contributed by atoms with Gasteiger partial charge < -0.3 is 10.0 Å². The van der Waals surface area contributed by atoms with Gasteiger partial charge in [0.1, 0.15) is 0 Å². The first-order chi connectivity index (χ1) is 6.38. The normalized spacial score (nSPS) is 35.5. The quantitative estimate of drug-likeness (QED) is 0.709. The van der Waals surface area contributed by atoms with Gasteiger partial charge in [0.25, 0.3) is 0 Å². The van der Waals surface area contributed by atoms with Crippen molar-refractivity contribution >= 4 is 25.8 Å². The predicted octanol–water partition coefficient (Wildman–Crippen LogP) is 0.411. The van der Waals surface area contributed by atoms with E-state index in [9.17, 15) is 13.2 Å². The summed E-state index contributed by atoms with van der Waals surface area (Å²) in [5.74, 6) is 0.476. The Bertz CT molecular complexity index is 356. The van der Waals surface area contributed by atoms with Crippen molar-refractivity contribution in [2.45, 2.75) is 0 Å². The summed E-state index contributed by atoms with van der Waals surface area (Å²) in [7, 11) is 1.69. The van der Waals surface area contributed by atoms with Gasteiger partial charge in [-0.15, -0.1) is 0 Å². The lowest BCUT2D eigenvalue weighted by Gasteiger charge is -2.14. The number of hydrogen-bond donors (Lipinski definition) is 1. The Labute approximate surface area is 86.1 Å². The first-order valence-electron chi connectivity index (χ1n) is 4.28. The van der Waals surface area contributed by atoms with Crippen molar-refractivity contribution in [1.82, 2.24) is 4.90 Å². The first kappa shape index (κ1) is 10.0. The van der Waals surface area contributed by atoms with Gasteiger partial charge in [-0.3, -0.25) is 0 Å². The number of amides is 1. The van der Waals surface area contributed by atoms with Crippen LogP contribution in [0.15, 0.2) is 0 Å². The second-order valence-electron chi connectivity index (χ2n) is 3.88. The Morgan fingerprint density at radius 2 is 1.93 bits per heavy atom. The maximum absolute atomic E-state index is 10.8. The molecule has 1 aliphatic heterocycles. The minimum Gasteiger partial charge on any atom is -0.465 e. The zero-order chi connectivity index (χ0) is 10.5. The molecule has 1 amide bonds. The Morgan fingerprint density at radius 3 is 2.29 bits per heavy atom. The van der Waals surface area contributed by atoms with Crippen molar-refractivity contribution in [3.05, 3.63) is 0 Å². The minimum absolute atomic E-state index is 0.0165. The molecule has 2 aliphatic rings. The number of nitrogens with zero attached hydrogens (tertiary/aromatic N) is 1. The van der Waals surface area contributed by atoms with E-state index in [1.165, 1.54) is 4.90 Å². The van der Waals surface area contributed by atoms with Crippen molar-refractivity contribution in [1.29, 1.82) is 0 Å². The predicted molar refractivity (Wildman–Crippen MR) is 49.7 cm³/mol. The van der Waals surface area contributed by atoms with E-state index in [1.54, 1.807) is 0 Å². The molecule has 1 N–H and O–H groups in total. The molecule has 1 saturated heterocycles. The maximum Gasteiger partial charge on any atom is 0.407 e. The lowest BCUT2D eigenvalue weighted by Crippen LogP contribution is -2.30. The second kappa shape index (κ2) is 3.00. The standard InChI is InChI=1S/C7H10ClNO4S/c8-14(12,13)3-6-4-1-9(7(10)11)2-5(4)6/h4-6H,1-3H2,(H,10,11)/t4-,5+,6-. The molecule has 80 valence electrons. The van der Waals surface area contributed by atoms with E-state index in [1.807, 2.05) is 0 Å². The van der Waals surface area contributed by atoms with E-state index in [0.29, 0.717) is 13.1 Å². The molecular formula is C7H10ClNO4S. The fourth-order valence-electron chi connectivity index (χ4n) is 2.28. The minimum atomic E-state index is -3.43. The maximum atomic E-state index is 10.8. The van der Waals surface area contributed by atoms with Crippen LogP contribution >= 0.6 is 10.7 Å². The molecule has 1 saturated carbocycles. The molecule has 5 nitrogen and oxygen atoms in total. The highest BCUT2D eigenvalue weighted by Crippen LogP contribution is 2.52. The van der Waals surface area contributed by atoms with Crippen LogP contribution in [0.5, 0.6) is 0 Å². The fraction of sp³-hybridized carbons (Fsp3) is 0.857. The number of piperidine rings is 1. The van der Waals surface area contributed by atoms with Gasteiger partial charge in [-0.05, 0) is 17.8 Å². The molecule has 0 aromatic rings. The number of fused-ring (bicyclic) bond motifs is 1. The third kappa shape index (κ3) is 1.81. The van der Waals surface area contributed by atoms with E-state index in [0.717, 1.165) is 0 Å². The highest BCUT2D eigenvalue weighted by atomic mass is 35.7. The summed E-state index contributed by atoms with van der Waals surface area (Å²) in [5.41, 5.74) is 0. The van der Waals surface area contributed by atoms with Gasteiger partial charge in [0, 0.05) is 23.8 Å². The lowest BCUT2D eigenvalue weighted by atomic mass is 10.3. The van der Waals surface area contributed by atoms with E-state index >= 15 is 0 Å². The van der Waals surface area contributed by atoms with E-state index in [4.69, 9.17) is 15.8 Å². The molecule has 0 aromatic carbocycles. The van der Waals surface area contributed by atoms with E-state index < -0.39 is 15.1 Å². The molecular weight excluding hydrogens is 230 g/mol. The molecule has 1 aliphatic carbocycles. The largest absolute Gasteiger partial charge is 0.465 e. The van der Waals surface area contributed by atoms with Crippen molar-refractivity contribution < 1.29 is 18.3 Å². The molecule has 0 bridgehead atoms. The van der Waals surface area contributed by atoms with Crippen LogP contribution in [0.3, 0.4) is 0 Å². The highest BCUT2D eigenvalue weighted by molar-refractivity contribution is 8.13. The zero-order valence-electron chi connectivity index (χ0n) is 7.26. The summed E-state index contributed by atoms with van der Waals surface area (Å²) < 4.78 is 21.5. The summed E-state index contributed by atoms with van der Waals surface area (Å²) in [6, 6.07) is 0. The summed E-state index contributed by atoms with van der Waals surface area (Å²) in [5, 5.41) is 8.65. The van der Waals surface area contributed by atoms with Gasteiger partial charge in [0.15, 0.2) is 0 Å². The molecule has 0 unspecified atom stereocenters. The summed E-state index contributed by atoms with van der Waals surface area (Å²) in [4.78, 5) is 11.9. The molecule has 1 heterocycles. The monoisotopic (exact) mass is 239 g/mol. The van der Waals surface area contributed by atoms with Crippen LogP contribution in [0.25, 0.3) is 0 Å². The number of carbonyl (C=O) groups is 1. The Morgan fingerprint density at radius 1 is 1.43 bits per heavy atom. The molecule has 0 aromatic heterocycles. The second-order valence-corrected chi connectivity index (χ2v) is 6.71. The smallest absolute Gasteiger partial charge is 0.407 e. The van der Waals surface area contributed by atoms with Gasteiger partial charge in [0.05, 0.1) is 5.75 Å². The van der Waals surface area contributed by atoms with Crippen LogP contribution < -0.4 is 0 Å². The number of hydrogen-bond acceptors (Lipinski definition) is 3. The van der Waals surface area contributed by atoms with Gasteiger partial charge in [-0.1, -0.05) is 0 Å². The average molecular weight is 240 g/mol. The van der Waals surface area contributed by atoms with Crippen LogP contribution in [0, 0.1) is 17.8 Å². The van der Waals surface area contributed by atoms with Gasteiger partial charge in [-0.25, -0.2) is 13.2 Å². The molecule has 0 radical (unpaired) electrons. The lowest BCUT2D eigenvalue weighted by molar-refractivity contribution is 0.149. The molecule has 7 heteroatoms. The summed E-state index contributed by atoms with van der Waals surface area (Å²) in [6.45, 7) is 0.911. The molecule has 14 heavy (non-hydrogen) atoms. The molecule has 3 atom stereocenters.